The molecule has 0 radical (unpaired) electrons. The van der Waals surface area contributed by atoms with Crippen LogP contribution in [0.5, 0.6) is 0 Å². The Kier molecular flexibility index (Phi) is 5.17. The van der Waals surface area contributed by atoms with E-state index in [9.17, 15) is 4.79 Å². The van der Waals surface area contributed by atoms with E-state index in [2.05, 4.69) is 5.32 Å². The molecular formula is C14H12Cl2N2OS. The third-order valence-corrected chi connectivity index (χ3v) is 4.00. The number of nitrogens with one attached hydrogen (secondary N) is 1. The van der Waals surface area contributed by atoms with E-state index >= 15 is 0 Å². The maximum Gasteiger partial charge on any atom is 0.234 e. The van der Waals surface area contributed by atoms with Gasteiger partial charge in [0.2, 0.25) is 5.91 Å². The number of anilines is 2. The van der Waals surface area contributed by atoms with E-state index in [-0.39, 0.29) is 11.7 Å². The topological polar surface area (TPSA) is 55.1 Å². The molecule has 0 aliphatic carbocycles. The third kappa shape index (κ3) is 4.34. The Morgan fingerprint density at radius 1 is 1.15 bits per heavy atom. The minimum absolute atomic E-state index is 0.119. The van der Waals surface area contributed by atoms with Gasteiger partial charge in [-0.3, -0.25) is 4.79 Å². The fourth-order valence-corrected chi connectivity index (χ4v) is 2.68. The maximum absolute atomic E-state index is 11.8. The fourth-order valence-electron chi connectivity index (χ4n) is 1.56. The lowest BCUT2D eigenvalue weighted by Gasteiger charge is -2.07. The SMILES string of the molecule is Nc1cc(Cl)ccc1SCC(=O)Nc1cccc(Cl)c1. The number of hydrogen-bond acceptors (Lipinski definition) is 3. The average Bonchev–Trinajstić information content (AvgIpc) is 2.37. The van der Waals surface area contributed by atoms with E-state index in [1.165, 1.54) is 11.8 Å². The van der Waals surface area contributed by atoms with Gasteiger partial charge in [-0.05, 0) is 36.4 Å². The molecule has 0 heterocycles. The average molecular weight is 327 g/mol. The molecule has 6 heteroatoms. The molecule has 0 aliphatic rings. The summed E-state index contributed by atoms with van der Waals surface area (Å²) in [6.45, 7) is 0. The van der Waals surface area contributed by atoms with E-state index < -0.39 is 0 Å². The number of carbonyl (C=O) groups is 1. The number of nitrogens with two attached hydrogens (primary N) is 1. The second-order valence-corrected chi connectivity index (χ2v) is 5.92. The molecule has 3 nitrogen and oxygen atoms in total. The molecule has 0 atom stereocenters. The summed E-state index contributed by atoms with van der Waals surface area (Å²) in [5, 5.41) is 3.93. The molecule has 3 N–H and O–H groups in total. The maximum atomic E-state index is 11.8. The summed E-state index contributed by atoms with van der Waals surface area (Å²) in [4.78, 5) is 12.7. The number of benzene rings is 2. The van der Waals surface area contributed by atoms with Crippen LogP contribution in [0.15, 0.2) is 47.4 Å². The Morgan fingerprint density at radius 2 is 1.90 bits per heavy atom. The molecule has 2 aromatic carbocycles. The summed E-state index contributed by atoms with van der Waals surface area (Å²) >= 11 is 13.0. The number of halogens is 2. The number of hydrogen-bond donors (Lipinski definition) is 2. The quantitative estimate of drug-likeness (QED) is 0.650. The van der Waals surface area contributed by atoms with Gasteiger partial charge in [-0.2, -0.15) is 0 Å². The van der Waals surface area contributed by atoms with Crippen LogP contribution in [0, 0.1) is 0 Å². The van der Waals surface area contributed by atoms with Gasteiger partial charge in [-0.25, -0.2) is 0 Å². The lowest BCUT2D eigenvalue weighted by Crippen LogP contribution is -2.14. The van der Waals surface area contributed by atoms with Crippen molar-refractivity contribution in [3.05, 3.63) is 52.5 Å². The van der Waals surface area contributed by atoms with Gasteiger partial charge in [0.25, 0.3) is 0 Å². The standard InChI is InChI=1S/C14H12Cl2N2OS/c15-9-2-1-3-11(6-9)18-14(19)8-20-13-5-4-10(16)7-12(13)17/h1-7H,8,17H2,(H,18,19). The monoisotopic (exact) mass is 326 g/mol. The lowest BCUT2D eigenvalue weighted by atomic mass is 10.3. The van der Waals surface area contributed by atoms with Gasteiger partial charge in [0, 0.05) is 26.3 Å². The zero-order chi connectivity index (χ0) is 14.5. The van der Waals surface area contributed by atoms with Gasteiger partial charge in [-0.1, -0.05) is 29.3 Å². The summed E-state index contributed by atoms with van der Waals surface area (Å²) in [7, 11) is 0. The van der Waals surface area contributed by atoms with Crippen LogP contribution in [0.3, 0.4) is 0 Å². The minimum Gasteiger partial charge on any atom is -0.398 e. The van der Waals surface area contributed by atoms with Crippen molar-refractivity contribution >= 4 is 52.2 Å². The first kappa shape index (κ1) is 15.0. The smallest absolute Gasteiger partial charge is 0.234 e. The number of carbonyl (C=O) groups excluding carboxylic acids is 1. The normalized spacial score (nSPS) is 10.3. The molecule has 2 rings (SSSR count). The summed E-state index contributed by atoms with van der Waals surface area (Å²) in [5.41, 5.74) is 7.07. The second-order valence-electron chi connectivity index (χ2n) is 4.03. The van der Waals surface area contributed by atoms with Crippen LogP contribution in [0.4, 0.5) is 11.4 Å². The van der Waals surface area contributed by atoms with Crippen LogP contribution in [0.25, 0.3) is 0 Å². The van der Waals surface area contributed by atoms with E-state index in [0.717, 1.165) is 4.90 Å². The molecule has 104 valence electrons. The molecule has 0 bridgehead atoms. The third-order valence-electron chi connectivity index (χ3n) is 2.44. The van der Waals surface area contributed by atoms with Crippen molar-refractivity contribution in [3.8, 4) is 0 Å². The Labute approximate surface area is 131 Å². The van der Waals surface area contributed by atoms with Gasteiger partial charge < -0.3 is 11.1 Å². The molecule has 0 saturated heterocycles. The molecule has 0 fully saturated rings. The van der Waals surface area contributed by atoms with Crippen LogP contribution in [0.2, 0.25) is 10.0 Å². The van der Waals surface area contributed by atoms with Crippen LogP contribution in [0.1, 0.15) is 0 Å². The predicted octanol–water partition coefficient (Wildman–Crippen LogP) is 4.31. The largest absolute Gasteiger partial charge is 0.398 e. The van der Waals surface area contributed by atoms with Crippen molar-refractivity contribution in [2.75, 3.05) is 16.8 Å². The molecule has 0 aliphatic heterocycles. The van der Waals surface area contributed by atoms with Crippen molar-refractivity contribution < 1.29 is 4.79 Å². The molecule has 0 unspecified atom stereocenters. The van der Waals surface area contributed by atoms with Crippen LogP contribution in [-0.2, 0) is 4.79 Å². The summed E-state index contributed by atoms with van der Waals surface area (Å²) in [6, 6.07) is 12.2. The molecule has 0 saturated carbocycles. The number of rotatable bonds is 4. The molecule has 20 heavy (non-hydrogen) atoms. The van der Waals surface area contributed by atoms with Gasteiger partial charge in [0.05, 0.1) is 5.75 Å². The van der Waals surface area contributed by atoms with Crippen LogP contribution < -0.4 is 11.1 Å². The van der Waals surface area contributed by atoms with E-state index in [4.69, 9.17) is 28.9 Å². The first-order valence-electron chi connectivity index (χ1n) is 5.78. The predicted molar refractivity (Wildman–Crippen MR) is 86.7 cm³/mol. The Bertz CT molecular complexity index is 634. The van der Waals surface area contributed by atoms with Gasteiger partial charge in [0.15, 0.2) is 0 Å². The number of nitrogen functional groups attached to an aromatic ring is 1. The van der Waals surface area contributed by atoms with Crippen molar-refractivity contribution in [2.45, 2.75) is 4.90 Å². The Hall–Kier alpha value is -1.36. The minimum atomic E-state index is -0.119. The van der Waals surface area contributed by atoms with Gasteiger partial charge >= 0.3 is 0 Å². The highest BCUT2D eigenvalue weighted by atomic mass is 35.5. The summed E-state index contributed by atoms with van der Waals surface area (Å²) in [6.07, 6.45) is 0. The molecule has 0 spiro atoms. The molecule has 0 aromatic heterocycles. The van der Waals surface area contributed by atoms with E-state index in [1.54, 1.807) is 42.5 Å². The highest BCUT2D eigenvalue weighted by molar-refractivity contribution is 8.00. The highest BCUT2D eigenvalue weighted by Gasteiger charge is 2.06. The zero-order valence-electron chi connectivity index (χ0n) is 10.4. The fraction of sp³-hybridized carbons (Fsp3) is 0.0714. The van der Waals surface area contributed by atoms with Gasteiger partial charge in [0.1, 0.15) is 0 Å². The summed E-state index contributed by atoms with van der Waals surface area (Å²) in [5.74, 6) is 0.143. The van der Waals surface area contributed by atoms with Gasteiger partial charge in [-0.15, -0.1) is 11.8 Å². The first-order chi connectivity index (χ1) is 9.54. The zero-order valence-corrected chi connectivity index (χ0v) is 12.7. The lowest BCUT2D eigenvalue weighted by molar-refractivity contribution is -0.113. The van der Waals surface area contributed by atoms with Crippen molar-refractivity contribution in [1.82, 2.24) is 0 Å². The van der Waals surface area contributed by atoms with Crippen molar-refractivity contribution in [3.63, 3.8) is 0 Å². The Morgan fingerprint density at radius 3 is 2.60 bits per heavy atom. The molecular weight excluding hydrogens is 315 g/mol. The molecule has 1 amide bonds. The van der Waals surface area contributed by atoms with Crippen molar-refractivity contribution in [2.24, 2.45) is 0 Å². The van der Waals surface area contributed by atoms with Crippen LogP contribution >= 0.6 is 35.0 Å². The Balaban J connectivity index is 1.92. The second kappa shape index (κ2) is 6.88. The first-order valence-corrected chi connectivity index (χ1v) is 7.52. The molecule has 2 aromatic rings. The van der Waals surface area contributed by atoms with E-state index in [1.807, 2.05) is 0 Å². The van der Waals surface area contributed by atoms with Crippen molar-refractivity contribution in [1.29, 1.82) is 0 Å². The van der Waals surface area contributed by atoms with E-state index in [0.29, 0.717) is 21.4 Å². The van der Waals surface area contributed by atoms with Crippen LogP contribution in [-0.4, -0.2) is 11.7 Å². The summed E-state index contributed by atoms with van der Waals surface area (Å²) < 4.78 is 0. The highest BCUT2D eigenvalue weighted by Crippen LogP contribution is 2.27. The number of thioether (sulfide) groups is 1. The number of amides is 1.